The average molecular weight is 391 g/mol. The zero-order valence-electron chi connectivity index (χ0n) is 14.7. The largest absolute Gasteiger partial charge is 0.416 e. The maximum absolute atomic E-state index is 12.9. The van der Waals surface area contributed by atoms with Gasteiger partial charge in [0.15, 0.2) is 0 Å². The number of imide groups is 1. The Morgan fingerprint density at radius 1 is 1.07 bits per heavy atom. The number of hydrogen-bond donors (Lipinski definition) is 2. The van der Waals surface area contributed by atoms with Crippen molar-refractivity contribution < 1.29 is 27.6 Å². The van der Waals surface area contributed by atoms with Crippen LogP contribution in [0.2, 0.25) is 0 Å². The van der Waals surface area contributed by atoms with Gasteiger partial charge >= 0.3 is 12.2 Å². The summed E-state index contributed by atoms with van der Waals surface area (Å²) in [6.45, 7) is 1.71. The predicted molar refractivity (Wildman–Crippen MR) is 92.7 cm³/mol. The molecule has 0 unspecified atom stereocenters. The fourth-order valence-corrected chi connectivity index (χ4v) is 3.02. The van der Waals surface area contributed by atoms with Crippen LogP contribution < -0.4 is 10.7 Å². The molecule has 0 aliphatic carbocycles. The van der Waals surface area contributed by atoms with Crippen LogP contribution >= 0.6 is 0 Å². The van der Waals surface area contributed by atoms with Gasteiger partial charge in [0.1, 0.15) is 5.54 Å². The van der Waals surface area contributed by atoms with Crippen LogP contribution in [0, 0.1) is 0 Å². The van der Waals surface area contributed by atoms with Gasteiger partial charge < -0.3 is 5.32 Å². The normalized spacial score (nSPS) is 19.5. The van der Waals surface area contributed by atoms with Gasteiger partial charge in [-0.1, -0.05) is 37.3 Å². The van der Waals surface area contributed by atoms with Crippen molar-refractivity contribution in [1.29, 1.82) is 0 Å². The molecule has 28 heavy (non-hydrogen) atoms. The first-order chi connectivity index (χ1) is 13.2. The van der Waals surface area contributed by atoms with Crippen molar-refractivity contribution in [2.75, 3.05) is 0 Å². The molecule has 2 N–H and O–H groups in total. The number of hydrazine groups is 1. The molecule has 9 heteroatoms. The minimum absolute atomic E-state index is 0.123. The fourth-order valence-electron chi connectivity index (χ4n) is 3.02. The van der Waals surface area contributed by atoms with Crippen LogP contribution in [-0.4, -0.2) is 22.9 Å². The summed E-state index contributed by atoms with van der Waals surface area (Å²) in [5, 5.41) is 3.15. The molecule has 6 nitrogen and oxygen atoms in total. The van der Waals surface area contributed by atoms with E-state index in [-0.39, 0.29) is 12.0 Å². The number of amides is 4. The molecule has 2 aromatic rings. The molecular formula is C19H16F3N3O3. The summed E-state index contributed by atoms with van der Waals surface area (Å²) in [7, 11) is 0. The summed E-state index contributed by atoms with van der Waals surface area (Å²) >= 11 is 0. The summed E-state index contributed by atoms with van der Waals surface area (Å²) in [6.07, 6.45) is -4.29. The molecule has 0 radical (unpaired) electrons. The third kappa shape index (κ3) is 3.30. The maximum Gasteiger partial charge on any atom is 0.416 e. The molecule has 1 atom stereocenters. The van der Waals surface area contributed by atoms with E-state index in [9.17, 15) is 27.6 Å². The van der Waals surface area contributed by atoms with E-state index < -0.39 is 35.1 Å². The zero-order chi connectivity index (χ0) is 20.5. The number of nitrogens with zero attached hydrogens (tertiary/aromatic N) is 1. The minimum Gasteiger partial charge on any atom is -0.318 e. The van der Waals surface area contributed by atoms with Gasteiger partial charge in [-0.3, -0.25) is 15.0 Å². The standard InChI is InChI=1S/C19H16F3N3O3/c1-2-18(13-6-4-3-5-7-13)16(27)25(17(28)23-18)24-15(26)12-8-10-14(11-9-12)19(20,21)22/h3-11H,2H2,1H3,(H,23,28)(H,24,26)/t18-/m0/s1. The van der Waals surface area contributed by atoms with Crippen molar-refractivity contribution >= 4 is 17.8 Å². The molecule has 0 bridgehead atoms. The fraction of sp³-hybridized carbons (Fsp3) is 0.211. The van der Waals surface area contributed by atoms with Gasteiger partial charge in [-0.15, -0.1) is 0 Å². The highest BCUT2D eigenvalue weighted by atomic mass is 19.4. The van der Waals surface area contributed by atoms with Gasteiger partial charge in [-0.05, 0) is 36.2 Å². The van der Waals surface area contributed by atoms with E-state index in [1.807, 2.05) is 0 Å². The van der Waals surface area contributed by atoms with Gasteiger partial charge in [0.2, 0.25) is 0 Å². The molecule has 1 fully saturated rings. The van der Waals surface area contributed by atoms with E-state index in [0.29, 0.717) is 10.6 Å². The second-order valence-corrected chi connectivity index (χ2v) is 6.21. The Kier molecular flexibility index (Phi) is 4.84. The number of carbonyl (C=O) groups is 3. The lowest BCUT2D eigenvalue weighted by Crippen LogP contribution is -2.48. The Morgan fingerprint density at radius 3 is 2.21 bits per heavy atom. The van der Waals surface area contributed by atoms with Crippen molar-refractivity contribution in [3.05, 3.63) is 71.3 Å². The first kappa shape index (κ1) is 19.4. The summed E-state index contributed by atoms with van der Waals surface area (Å²) in [6, 6.07) is 11.2. The number of carbonyl (C=O) groups excluding carboxylic acids is 3. The number of hydrogen-bond acceptors (Lipinski definition) is 3. The minimum atomic E-state index is -4.53. The summed E-state index contributed by atoms with van der Waals surface area (Å²) in [5.74, 6) is -1.55. The molecule has 1 saturated heterocycles. The highest BCUT2D eigenvalue weighted by Gasteiger charge is 2.52. The second kappa shape index (κ2) is 6.99. The lowest BCUT2D eigenvalue weighted by atomic mass is 9.87. The molecule has 4 amide bonds. The van der Waals surface area contributed by atoms with Crippen molar-refractivity contribution in [2.24, 2.45) is 0 Å². The highest BCUT2D eigenvalue weighted by molar-refractivity contribution is 6.09. The third-order valence-corrected chi connectivity index (χ3v) is 4.58. The second-order valence-electron chi connectivity index (χ2n) is 6.21. The lowest BCUT2D eigenvalue weighted by Gasteiger charge is -2.25. The van der Waals surface area contributed by atoms with E-state index in [4.69, 9.17) is 0 Å². The van der Waals surface area contributed by atoms with Gasteiger partial charge in [0, 0.05) is 5.56 Å². The number of urea groups is 1. The van der Waals surface area contributed by atoms with Crippen molar-refractivity contribution in [2.45, 2.75) is 25.1 Å². The third-order valence-electron chi connectivity index (χ3n) is 4.58. The number of benzene rings is 2. The van der Waals surface area contributed by atoms with Crippen LogP contribution in [0.3, 0.4) is 0 Å². The van der Waals surface area contributed by atoms with E-state index >= 15 is 0 Å². The van der Waals surface area contributed by atoms with Crippen LogP contribution in [-0.2, 0) is 16.5 Å². The predicted octanol–water partition coefficient (Wildman–Crippen LogP) is 3.21. The molecule has 146 valence electrons. The molecule has 1 aliphatic rings. The Labute approximate surface area is 158 Å². The molecule has 3 rings (SSSR count). The molecule has 1 aliphatic heterocycles. The van der Waals surface area contributed by atoms with Gasteiger partial charge in [-0.2, -0.15) is 18.2 Å². The van der Waals surface area contributed by atoms with Crippen LogP contribution in [0.25, 0.3) is 0 Å². The van der Waals surface area contributed by atoms with Crippen molar-refractivity contribution in [3.63, 3.8) is 0 Å². The Morgan fingerprint density at radius 2 is 1.68 bits per heavy atom. The van der Waals surface area contributed by atoms with Gasteiger partial charge in [0.25, 0.3) is 11.8 Å². The van der Waals surface area contributed by atoms with Crippen LogP contribution in [0.5, 0.6) is 0 Å². The summed E-state index contributed by atoms with van der Waals surface area (Å²) < 4.78 is 37.9. The number of halogens is 3. The van der Waals surface area contributed by atoms with E-state index in [1.54, 1.807) is 37.3 Å². The molecular weight excluding hydrogens is 375 g/mol. The molecule has 1 heterocycles. The molecule has 0 spiro atoms. The van der Waals surface area contributed by atoms with Crippen molar-refractivity contribution in [1.82, 2.24) is 15.8 Å². The first-order valence-electron chi connectivity index (χ1n) is 8.39. The molecule has 0 saturated carbocycles. The van der Waals surface area contributed by atoms with E-state index in [0.717, 1.165) is 24.3 Å². The Balaban J connectivity index is 1.82. The first-order valence-corrected chi connectivity index (χ1v) is 8.39. The quantitative estimate of drug-likeness (QED) is 0.786. The van der Waals surface area contributed by atoms with Crippen LogP contribution in [0.4, 0.5) is 18.0 Å². The van der Waals surface area contributed by atoms with Crippen LogP contribution in [0.1, 0.15) is 34.8 Å². The zero-order valence-corrected chi connectivity index (χ0v) is 14.7. The van der Waals surface area contributed by atoms with E-state index in [2.05, 4.69) is 10.7 Å². The smallest absolute Gasteiger partial charge is 0.318 e. The summed E-state index contributed by atoms with van der Waals surface area (Å²) in [4.78, 5) is 37.5. The SMILES string of the molecule is CC[C@@]1(c2ccccc2)NC(=O)N(NC(=O)c2ccc(C(F)(F)F)cc2)C1=O. The highest BCUT2D eigenvalue weighted by Crippen LogP contribution is 2.32. The van der Waals surface area contributed by atoms with E-state index in [1.165, 1.54) is 0 Å². The summed E-state index contributed by atoms with van der Waals surface area (Å²) in [5.41, 5.74) is 0.361. The average Bonchev–Trinajstić information content (AvgIpc) is 2.93. The lowest BCUT2D eigenvalue weighted by molar-refractivity contribution is -0.137. The topological polar surface area (TPSA) is 78.5 Å². The number of nitrogens with one attached hydrogen (secondary N) is 2. The maximum atomic E-state index is 12.9. The Bertz CT molecular complexity index is 914. The molecule has 2 aromatic carbocycles. The van der Waals surface area contributed by atoms with Crippen molar-refractivity contribution in [3.8, 4) is 0 Å². The van der Waals surface area contributed by atoms with Gasteiger partial charge in [-0.25, -0.2) is 4.79 Å². The molecule has 0 aromatic heterocycles. The Hall–Kier alpha value is -3.36. The van der Waals surface area contributed by atoms with Gasteiger partial charge in [0.05, 0.1) is 5.56 Å². The van der Waals surface area contributed by atoms with Crippen LogP contribution in [0.15, 0.2) is 54.6 Å². The monoisotopic (exact) mass is 391 g/mol. The number of alkyl halides is 3. The number of rotatable bonds is 4.